The Labute approximate surface area is 158 Å². The molecule has 0 saturated carbocycles. The molecule has 0 aromatic heterocycles. The molecule has 5 nitrogen and oxygen atoms in total. The lowest BCUT2D eigenvalue weighted by Crippen LogP contribution is -2.49. The summed E-state index contributed by atoms with van der Waals surface area (Å²) in [6.45, 7) is 4.29. The van der Waals surface area contributed by atoms with Crippen molar-refractivity contribution in [1.82, 2.24) is 9.80 Å². The van der Waals surface area contributed by atoms with Crippen LogP contribution in [0.15, 0.2) is 42.5 Å². The number of benzene rings is 2. The van der Waals surface area contributed by atoms with Crippen LogP contribution in [0.2, 0.25) is 0 Å². The van der Waals surface area contributed by atoms with Crippen molar-refractivity contribution < 1.29 is 18.7 Å². The first-order valence-electron chi connectivity index (χ1n) is 8.93. The third kappa shape index (κ3) is 4.52. The van der Waals surface area contributed by atoms with E-state index >= 15 is 0 Å². The number of methoxy groups -OCH3 is 1. The normalized spacial score (nSPS) is 14.9. The molecule has 0 spiro atoms. The van der Waals surface area contributed by atoms with Crippen LogP contribution in [0.5, 0.6) is 5.75 Å². The summed E-state index contributed by atoms with van der Waals surface area (Å²) in [6.07, 6.45) is 0. The van der Waals surface area contributed by atoms with Gasteiger partial charge < -0.3 is 9.64 Å². The molecule has 1 fully saturated rings. The minimum atomic E-state index is -0.309. The zero-order chi connectivity index (χ0) is 19.4. The molecule has 0 unspecified atom stereocenters. The van der Waals surface area contributed by atoms with Gasteiger partial charge in [0.2, 0.25) is 0 Å². The van der Waals surface area contributed by atoms with Crippen molar-refractivity contribution >= 4 is 11.7 Å². The fourth-order valence-electron chi connectivity index (χ4n) is 3.16. The molecule has 1 aliphatic heterocycles. The van der Waals surface area contributed by atoms with Gasteiger partial charge in [-0.1, -0.05) is 6.07 Å². The second-order valence-electron chi connectivity index (χ2n) is 6.69. The Morgan fingerprint density at radius 1 is 1.04 bits per heavy atom. The van der Waals surface area contributed by atoms with Gasteiger partial charge in [-0.15, -0.1) is 0 Å². The SMILES string of the molecule is COc1cccc(C(=O)N2CCN(CC(=O)c3ccc(F)c(C)c3)CC2)c1. The van der Waals surface area contributed by atoms with Gasteiger partial charge in [0.25, 0.3) is 5.91 Å². The van der Waals surface area contributed by atoms with Gasteiger partial charge in [0, 0.05) is 37.3 Å². The number of piperazine rings is 1. The van der Waals surface area contributed by atoms with Gasteiger partial charge in [-0.25, -0.2) is 4.39 Å². The van der Waals surface area contributed by atoms with Crippen LogP contribution in [-0.4, -0.2) is 61.3 Å². The van der Waals surface area contributed by atoms with E-state index in [1.54, 1.807) is 49.3 Å². The monoisotopic (exact) mass is 370 g/mol. The molecule has 27 heavy (non-hydrogen) atoms. The quantitative estimate of drug-likeness (QED) is 0.760. The summed E-state index contributed by atoms with van der Waals surface area (Å²) >= 11 is 0. The number of aryl methyl sites for hydroxylation is 1. The van der Waals surface area contributed by atoms with Crippen LogP contribution >= 0.6 is 0 Å². The maximum atomic E-state index is 13.4. The molecule has 0 atom stereocenters. The average molecular weight is 370 g/mol. The van der Waals surface area contributed by atoms with E-state index in [0.29, 0.717) is 48.6 Å². The highest BCUT2D eigenvalue weighted by Crippen LogP contribution is 2.16. The summed E-state index contributed by atoms with van der Waals surface area (Å²) in [4.78, 5) is 28.9. The highest BCUT2D eigenvalue weighted by molar-refractivity contribution is 5.98. The van der Waals surface area contributed by atoms with Gasteiger partial charge in [-0.2, -0.15) is 0 Å². The van der Waals surface area contributed by atoms with Crippen molar-refractivity contribution in [1.29, 1.82) is 0 Å². The summed E-state index contributed by atoms with van der Waals surface area (Å²) in [7, 11) is 1.57. The Morgan fingerprint density at radius 2 is 1.78 bits per heavy atom. The molecular weight excluding hydrogens is 347 g/mol. The van der Waals surface area contributed by atoms with E-state index in [1.807, 2.05) is 4.90 Å². The molecule has 0 bridgehead atoms. The van der Waals surface area contributed by atoms with E-state index in [9.17, 15) is 14.0 Å². The third-order valence-electron chi connectivity index (χ3n) is 4.82. The van der Waals surface area contributed by atoms with Gasteiger partial charge in [0.05, 0.1) is 13.7 Å². The molecule has 1 aliphatic rings. The lowest BCUT2D eigenvalue weighted by molar-refractivity contribution is 0.0624. The lowest BCUT2D eigenvalue weighted by Gasteiger charge is -2.34. The van der Waals surface area contributed by atoms with Gasteiger partial charge >= 0.3 is 0 Å². The number of carbonyl (C=O) groups excluding carboxylic acids is 2. The number of rotatable bonds is 5. The van der Waals surface area contributed by atoms with Gasteiger partial charge in [-0.05, 0) is 48.9 Å². The zero-order valence-electron chi connectivity index (χ0n) is 15.6. The van der Waals surface area contributed by atoms with Crippen LogP contribution in [-0.2, 0) is 0 Å². The standard InChI is InChI=1S/C21H23FN2O3/c1-15-12-16(6-7-19(15)22)20(25)14-23-8-10-24(11-9-23)21(26)17-4-3-5-18(13-17)27-2/h3-7,12-13H,8-11,14H2,1-2H3. The molecule has 0 N–H and O–H groups in total. The van der Waals surface area contributed by atoms with E-state index < -0.39 is 0 Å². The Morgan fingerprint density at radius 3 is 2.44 bits per heavy atom. The number of ether oxygens (including phenoxy) is 1. The largest absolute Gasteiger partial charge is 0.497 e. The highest BCUT2D eigenvalue weighted by atomic mass is 19.1. The second kappa shape index (κ2) is 8.31. The molecular formula is C21H23FN2O3. The van der Waals surface area contributed by atoms with E-state index in [1.165, 1.54) is 12.1 Å². The summed E-state index contributed by atoms with van der Waals surface area (Å²) in [5, 5.41) is 0. The first kappa shape index (κ1) is 19.0. The molecule has 142 valence electrons. The Bertz CT molecular complexity index is 845. The topological polar surface area (TPSA) is 49.9 Å². The molecule has 6 heteroatoms. The maximum Gasteiger partial charge on any atom is 0.254 e. The van der Waals surface area contributed by atoms with Crippen molar-refractivity contribution in [3.63, 3.8) is 0 Å². The summed E-state index contributed by atoms with van der Waals surface area (Å²) in [5.41, 5.74) is 1.58. The van der Waals surface area contributed by atoms with Crippen molar-refractivity contribution in [2.45, 2.75) is 6.92 Å². The van der Waals surface area contributed by atoms with Gasteiger partial charge in [-0.3, -0.25) is 14.5 Å². The number of amides is 1. The number of nitrogens with zero attached hydrogens (tertiary/aromatic N) is 2. The smallest absolute Gasteiger partial charge is 0.254 e. The Balaban J connectivity index is 1.56. The van der Waals surface area contributed by atoms with Crippen LogP contribution in [0, 0.1) is 12.7 Å². The predicted molar refractivity (Wildman–Crippen MR) is 101 cm³/mol. The summed E-state index contributed by atoms with van der Waals surface area (Å²) in [6, 6.07) is 11.5. The van der Waals surface area contributed by atoms with Crippen molar-refractivity contribution in [2.75, 3.05) is 39.8 Å². The number of hydrogen-bond donors (Lipinski definition) is 0. The van der Waals surface area contributed by atoms with Crippen LogP contribution < -0.4 is 4.74 Å². The summed E-state index contributed by atoms with van der Waals surface area (Å²) in [5.74, 6) is 0.274. The molecule has 0 radical (unpaired) electrons. The Kier molecular flexibility index (Phi) is 5.86. The zero-order valence-corrected chi connectivity index (χ0v) is 15.6. The van der Waals surface area contributed by atoms with E-state index in [4.69, 9.17) is 4.74 Å². The maximum absolute atomic E-state index is 13.4. The Hall–Kier alpha value is -2.73. The average Bonchev–Trinajstić information content (AvgIpc) is 2.70. The molecule has 3 rings (SSSR count). The van der Waals surface area contributed by atoms with Crippen molar-refractivity contribution in [3.8, 4) is 5.75 Å². The van der Waals surface area contributed by atoms with Gasteiger partial charge in [0.15, 0.2) is 5.78 Å². The van der Waals surface area contributed by atoms with Gasteiger partial charge in [0.1, 0.15) is 11.6 Å². The van der Waals surface area contributed by atoms with E-state index in [2.05, 4.69) is 0 Å². The second-order valence-corrected chi connectivity index (χ2v) is 6.69. The first-order chi connectivity index (χ1) is 13.0. The van der Waals surface area contributed by atoms with Crippen molar-refractivity contribution in [3.05, 3.63) is 65.0 Å². The number of ketones is 1. The third-order valence-corrected chi connectivity index (χ3v) is 4.82. The van der Waals surface area contributed by atoms with E-state index in [0.717, 1.165) is 0 Å². The highest BCUT2D eigenvalue weighted by Gasteiger charge is 2.24. The van der Waals surface area contributed by atoms with Crippen molar-refractivity contribution in [2.24, 2.45) is 0 Å². The molecule has 1 amide bonds. The van der Waals surface area contributed by atoms with Crippen LogP contribution in [0.25, 0.3) is 0 Å². The molecule has 2 aromatic carbocycles. The number of carbonyl (C=O) groups is 2. The molecule has 2 aromatic rings. The number of halogens is 1. The fourth-order valence-corrected chi connectivity index (χ4v) is 3.16. The minimum Gasteiger partial charge on any atom is -0.497 e. The first-order valence-corrected chi connectivity index (χ1v) is 8.93. The lowest BCUT2D eigenvalue weighted by atomic mass is 10.1. The summed E-state index contributed by atoms with van der Waals surface area (Å²) < 4.78 is 18.5. The van der Waals surface area contributed by atoms with Crippen LogP contribution in [0.1, 0.15) is 26.3 Å². The number of hydrogen-bond acceptors (Lipinski definition) is 4. The van der Waals surface area contributed by atoms with Crippen LogP contribution in [0.4, 0.5) is 4.39 Å². The fraction of sp³-hybridized carbons (Fsp3) is 0.333. The predicted octanol–water partition coefficient (Wildman–Crippen LogP) is 2.78. The molecule has 0 aliphatic carbocycles. The molecule has 1 saturated heterocycles. The van der Waals surface area contributed by atoms with E-state index in [-0.39, 0.29) is 24.1 Å². The molecule has 1 heterocycles. The van der Waals surface area contributed by atoms with Crippen LogP contribution in [0.3, 0.4) is 0 Å². The number of Topliss-reactive ketones (excluding diaryl/α,β-unsaturated/α-hetero) is 1. The minimum absolute atomic E-state index is 0.0333.